The molecule has 242 valence electrons. The van der Waals surface area contributed by atoms with Gasteiger partial charge in [0.25, 0.3) is 0 Å². The molecule has 0 aliphatic carbocycles. The number of aromatic nitrogens is 6. The van der Waals surface area contributed by atoms with Gasteiger partial charge in [-0.15, -0.1) is 11.6 Å². The molecule has 0 radical (unpaired) electrons. The maximum absolute atomic E-state index is 5.99. The summed E-state index contributed by atoms with van der Waals surface area (Å²) in [5.41, 5.74) is 6.06. The van der Waals surface area contributed by atoms with Gasteiger partial charge in [-0.1, -0.05) is 60.7 Å². The van der Waals surface area contributed by atoms with Gasteiger partial charge in [0.1, 0.15) is 0 Å². The van der Waals surface area contributed by atoms with Crippen molar-refractivity contribution in [2.24, 2.45) is 0 Å². The van der Waals surface area contributed by atoms with Crippen molar-refractivity contribution in [2.75, 3.05) is 19.5 Å². The van der Waals surface area contributed by atoms with Crippen LogP contribution in [0.5, 0.6) is 0 Å². The Balaban J connectivity index is 0.000000134. The molecule has 8 rings (SSSR count). The number of aromatic amines is 1. The maximum atomic E-state index is 5.99. The first-order valence-corrected chi connectivity index (χ1v) is 16.8. The monoisotopic (exact) mass is 653 g/mol. The molecule has 6 aromatic heterocycles. The van der Waals surface area contributed by atoms with Gasteiger partial charge in [0.15, 0.2) is 0 Å². The van der Waals surface area contributed by atoms with Crippen molar-refractivity contribution in [3.05, 3.63) is 164 Å². The molecule has 0 fully saturated rings. The van der Waals surface area contributed by atoms with Crippen LogP contribution in [0.15, 0.2) is 153 Å². The van der Waals surface area contributed by atoms with Crippen LogP contribution in [-0.4, -0.2) is 48.5 Å². The van der Waals surface area contributed by atoms with Gasteiger partial charge in [0.2, 0.25) is 0 Å². The number of pyridine rings is 3. The molecule has 2 unspecified atom stereocenters. The molecule has 8 heteroatoms. The fourth-order valence-corrected chi connectivity index (χ4v) is 6.30. The minimum absolute atomic E-state index is 0.264. The molecule has 48 heavy (non-hydrogen) atoms. The Kier molecular flexibility index (Phi) is 11.3. The van der Waals surface area contributed by atoms with Crippen molar-refractivity contribution in [1.29, 1.82) is 0 Å². The normalized spacial score (nSPS) is 12.2. The zero-order valence-corrected chi connectivity index (χ0v) is 27.8. The SMILES string of the molecule is CNCCC(c1ccccc1)n1ccc2ccncc21.ClCCC(c1ccccc1)n1ccc2ccncc21.c1cc2cc[nH]c2cn1. The van der Waals surface area contributed by atoms with Crippen molar-refractivity contribution in [3.8, 4) is 0 Å². The van der Waals surface area contributed by atoms with E-state index in [0.717, 1.165) is 30.4 Å². The number of nitrogens with one attached hydrogen (secondary N) is 2. The van der Waals surface area contributed by atoms with Gasteiger partial charge >= 0.3 is 0 Å². The summed E-state index contributed by atoms with van der Waals surface area (Å²) in [5.74, 6) is 0.638. The van der Waals surface area contributed by atoms with Crippen LogP contribution in [-0.2, 0) is 0 Å². The number of halogens is 1. The van der Waals surface area contributed by atoms with Gasteiger partial charge in [-0.2, -0.15) is 0 Å². The number of hydrogen-bond acceptors (Lipinski definition) is 4. The fraction of sp³-hybridized carbons (Fsp3) is 0.175. The smallest absolute Gasteiger partial charge is 0.0672 e. The second-order valence-electron chi connectivity index (χ2n) is 11.5. The van der Waals surface area contributed by atoms with E-state index >= 15 is 0 Å². The Morgan fingerprint density at radius 2 is 1.15 bits per heavy atom. The van der Waals surface area contributed by atoms with E-state index in [4.69, 9.17) is 11.6 Å². The highest BCUT2D eigenvalue weighted by molar-refractivity contribution is 6.17. The molecular formula is C40H40ClN7. The summed E-state index contributed by atoms with van der Waals surface area (Å²) < 4.78 is 4.59. The van der Waals surface area contributed by atoms with E-state index in [1.807, 2.05) is 68.5 Å². The third kappa shape index (κ3) is 7.82. The summed E-state index contributed by atoms with van der Waals surface area (Å²) in [5, 5.41) is 6.92. The highest BCUT2D eigenvalue weighted by atomic mass is 35.5. The van der Waals surface area contributed by atoms with Crippen molar-refractivity contribution in [1.82, 2.24) is 34.4 Å². The first-order chi connectivity index (χ1) is 23.8. The molecule has 2 aromatic carbocycles. The molecule has 0 bridgehead atoms. The lowest BCUT2D eigenvalue weighted by atomic mass is 10.0. The zero-order valence-electron chi connectivity index (χ0n) is 27.0. The van der Waals surface area contributed by atoms with Crippen LogP contribution in [0.1, 0.15) is 36.1 Å². The van der Waals surface area contributed by atoms with Gasteiger partial charge in [-0.05, 0) is 74.0 Å². The van der Waals surface area contributed by atoms with Crippen LogP contribution in [0.3, 0.4) is 0 Å². The fourth-order valence-electron chi connectivity index (χ4n) is 6.09. The molecule has 0 spiro atoms. The summed E-state index contributed by atoms with van der Waals surface area (Å²) in [7, 11) is 2.00. The second-order valence-corrected chi connectivity index (χ2v) is 11.9. The van der Waals surface area contributed by atoms with Crippen LogP contribution in [0.2, 0.25) is 0 Å². The minimum Gasteiger partial charge on any atom is -0.360 e. The summed E-state index contributed by atoms with van der Waals surface area (Å²) in [4.78, 5) is 15.5. The molecule has 0 aliphatic rings. The van der Waals surface area contributed by atoms with Crippen molar-refractivity contribution >= 4 is 44.3 Å². The lowest BCUT2D eigenvalue weighted by molar-refractivity contribution is 0.539. The molecular weight excluding hydrogens is 614 g/mol. The van der Waals surface area contributed by atoms with Gasteiger partial charge in [-0.3, -0.25) is 15.0 Å². The predicted octanol–water partition coefficient (Wildman–Crippen LogP) is 9.05. The largest absolute Gasteiger partial charge is 0.360 e. The van der Waals surface area contributed by atoms with Crippen LogP contribution in [0, 0.1) is 0 Å². The summed E-state index contributed by atoms with van der Waals surface area (Å²) in [6, 6.07) is 34.1. The number of alkyl halides is 1. The third-order valence-electron chi connectivity index (χ3n) is 8.50. The Labute approximate surface area is 286 Å². The number of H-pyrrole nitrogens is 1. The topological polar surface area (TPSA) is 76.3 Å². The van der Waals surface area contributed by atoms with E-state index < -0.39 is 0 Å². The quantitative estimate of drug-likeness (QED) is 0.152. The summed E-state index contributed by atoms with van der Waals surface area (Å²) in [6.07, 6.45) is 19.3. The molecule has 0 saturated carbocycles. The van der Waals surface area contributed by atoms with Gasteiger partial charge < -0.3 is 19.4 Å². The minimum atomic E-state index is 0.264. The standard InChI is InChI=1S/C17H19N3.C16H15ClN2.C7H6N2/c1-18-10-8-16(14-5-3-2-4-6-14)20-12-9-15-7-11-19-13-17(15)20;17-9-6-15(13-4-2-1-3-5-13)19-11-8-14-7-10-18-12-16(14)19;1-3-8-5-7-6(1)2-4-9-7/h2-7,9,11-13,16,18H,8,10H2,1H3;1-5,7-8,10-12,15H,6,9H2;1-5,9H. The van der Waals surface area contributed by atoms with E-state index in [1.54, 1.807) is 6.20 Å². The average molecular weight is 654 g/mol. The Morgan fingerprint density at radius 3 is 1.67 bits per heavy atom. The van der Waals surface area contributed by atoms with E-state index in [9.17, 15) is 0 Å². The molecule has 2 atom stereocenters. The Hall–Kier alpha value is -5.24. The van der Waals surface area contributed by atoms with E-state index in [2.05, 4.69) is 120 Å². The van der Waals surface area contributed by atoms with Crippen molar-refractivity contribution < 1.29 is 0 Å². The van der Waals surface area contributed by atoms with Crippen LogP contribution >= 0.6 is 11.6 Å². The number of rotatable bonds is 9. The van der Waals surface area contributed by atoms with Crippen molar-refractivity contribution in [3.63, 3.8) is 0 Å². The molecule has 6 heterocycles. The van der Waals surface area contributed by atoms with Crippen molar-refractivity contribution in [2.45, 2.75) is 24.9 Å². The lowest BCUT2D eigenvalue weighted by Gasteiger charge is -2.20. The number of nitrogens with zero attached hydrogens (tertiary/aromatic N) is 5. The van der Waals surface area contributed by atoms with Gasteiger partial charge in [-0.25, -0.2) is 0 Å². The highest BCUT2D eigenvalue weighted by Crippen LogP contribution is 2.28. The van der Waals surface area contributed by atoms with Crippen LogP contribution in [0.4, 0.5) is 0 Å². The number of benzene rings is 2. The average Bonchev–Trinajstić information content (AvgIpc) is 3.91. The summed E-state index contributed by atoms with van der Waals surface area (Å²) >= 11 is 5.99. The molecule has 7 nitrogen and oxygen atoms in total. The first-order valence-electron chi connectivity index (χ1n) is 16.3. The van der Waals surface area contributed by atoms with Crippen LogP contribution < -0.4 is 5.32 Å². The Bertz CT molecular complexity index is 2090. The maximum Gasteiger partial charge on any atom is 0.0672 e. The lowest BCUT2D eigenvalue weighted by Crippen LogP contribution is -2.17. The molecule has 0 aliphatic heterocycles. The van der Waals surface area contributed by atoms with Gasteiger partial charge in [0.05, 0.1) is 47.2 Å². The van der Waals surface area contributed by atoms with E-state index in [1.165, 1.54) is 32.8 Å². The van der Waals surface area contributed by atoms with Crippen LogP contribution in [0.25, 0.3) is 32.7 Å². The molecule has 8 aromatic rings. The molecule has 0 saturated heterocycles. The van der Waals surface area contributed by atoms with E-state index in [0.29, 0.717) is 11.9 Å². The summed E-state index contributed by atoms with van der Waals surface area (Å²) in [6.45, 7) is 0.986. The first kappa shape index (κ1) is 32.7. The third-order valence-corrected chi connectivity index (χ3v) is 8.72. The highest BCUT2D eigenvalue weighted by Gasteiger charge is 2.16. The Morgan fingerprint density at radius 1 is 0.625 bits per heavy atom. The number of hydrogen-bond donors (Lipinski definition) is 2. The second kappa shape index (κ2) is 16.5. The molecule has 2 N–H and O–H groups in total. The van der Waals surface area contributed by atoms with Gasteiger partial charge in [0, 0.05) is 59.2 Å². The zero-order chi connectivity index (χ0) is 33.0. The number of fused-ring (bicyclic) bond motifs is 3. The molecule has 0 amide bonds. The van der Waals surface area contributed by atoms with E-state index in [-0.39, 0.29) is 6.04 Å². The predicted molar refractivity (Wildman–Crippen MR) is 199 cm³/mol.